The first-order valence-electron chi connectivity index (χ1n) is 8.57. The van der Waals surface area contributed by atoms with E-state index in [-0.39, 0.29) is 18.6 Å². The van der Waals surface area contributed by atoms with Gasteiger partial charge in [-0.15, -0.1) is 0 Å². The van der Waals surface area contributed by atoms with E-state index in [0.717, 1.165) is 64.7 Å². The molecule has 0 spiro atoms. The number of likely N-dealkylation sites (tertiary alicyclic amines) is 1. The summed E-state index contributed by atoms with van der Waals surface area (Å²) in [6.45, 7) is 6.24. The van der Waals surface area contributed by atoms with E-state index < -0.39 is 0 Å². The molecule has 0 aliphatic carbocycles. The molecule has 2 aliphatic heterocycles. The number of nitrogens with zero attached hydrogens (tertiary/aromatic N) is 1. The molecule has 21 heavy (non-hydrogen) atoms. The summed E-state index contributed by atoms with van der Waals surface area (Å²) in [5.74, 6) is 0.544. The molecule has 1 amide bonds. The maximum atomic E-state index is 12.4. The molecule has 0 aromatic carbocycles. The van der Waals surface area contributed by atoms with E-state index in [4.69, 9.17) is 5.11 Å². The second-order valence-electron chi connectivity index (χ2n) is 6.60. The minimum atomic E-state index is 0.0864. The predicted molar refractivity (Wildman–Crippen MR) is 84.1 cm³/mol. The van der Waals surface area contributed by atoms with Gasteiger partial charge < -0.3 is 15.7 Å². The van der Waals surface area contributed by atoms with Crippen molar-refractivity contribution in [2.24, 2.45) is 5.92 Å². The Morgan fingerprint density at radius 3 is 2.86 bits per heavy atom. The average molecular weight is 297 g/mol. The molecule has 5 nitrogen and oxygen atoms in total. The maximum absolute atomic E-state index is 12.4. The van der Waals surface area contributed by atoms with Crippen molar-refractivity contribution in [1.29, 1.82) is 0 Å². The van der Waals surface area contributed by atoms with Crippen LogP contribution < -0.4 is 10.6 Å². The molecule has 0 radical (unpaired) electrons. The van der Waals surface area contributed by atoms with Crippen molar-refractivity contribution >= 4 is 5.91 Å². The third-order valence-electron chi connectivity index (χ3n) is 4.86. The van der Waals surface area contributed by atoms with Gasteiger partial charge in [-0.1, -0.05) is 6.92 Å². The van der Waals surface area contributed by atoms with Gasteiger partial charge in [0.1, 0.15) is 0 Å². The molecule has 2 atom stereocenters. The average Bonchev–Trinajstić information content (AvgIpc) is 3.01. The molecule has 5 heteroatoms. The fraction of sp³-hybridized carbons (Fsp3) is 0.938. The zero-order valence-corrected chi connectivity index (χ0v) is 13.3. The van der Waals surface area contributed by atoms with Crippen LogP contribution in [0.3, 0.4) is 0 Å². The molecule has 2 unspecified atom stereocenters. The molecule has 0 saturated carbocycles. The number of aliphatic hydroxyl groups is 1. The Morgan fingerprint density at radius 1 is 1.38 bits per heavy atom. The Balaban J connectivity index is 1.72. The van der Waals surface area contributed by atoms with Crippen LogP contribution in [0.2, 0.25) is 0 Å². The highest BCUT2D eigenvalue weighted by molar-refractivity contribution is 5.82. The van der Waals surface area contributed by atoms with Crippen LogP contribution in [0.5, 0.6) is 0 Å². The van der Waals surface area contributed by atoms with Gasteiger partial charge in [0.25, 0.3) is 0 Å². The monoisotopic (exact) mass is 297 g/mol. The van der Waals surface area contributed by atoms with E-state index in [1.165, 1.54) is 0 Å². The van der Waals surface area contributed by atoms with Crippen LogP contribution in [0.15, 0.2) is 0 Å². The Kier molecular flexibility index (Phi) is 6.93. The summed E-state index contributed by atoms with van der Waals surface area (Å²) in [6.07, 6.45) is 6.40. The number of hydrogen-bond donors (Lipinski definition) is 3. The minimum absolute atomic E-state index is 0.0864. The van der Waals surface area contributed by atoms with Gasteiger partial charge in [-0.2, -0.15) is 0 Å². The van der Waals surface area contributed by atoms with Gasteiger partial charge in [-0.25, -0.2) is 0 Å². The Hall–Kier alpha value is -0.650. The van der Waals surface area contributed by atoms with Crippen LogP contribution in [0, 0.1) is 5.92 Å². The molecule has 2 fully saturated rings. The van der Waals surface area contributed by atoms with E-state index in [1.54, 1.807) is 0 Å². The number of nitrogens with one attached hydrogen (secondary N) is 2. The third kappa shape index (κ3) is 4.94. The van der Waals surface area contributed by atoms with Gasteiger partial charge >= 0.3 is 0 Å². The lowest BCUT2D eigenvalue weighted by atomic mass is 10.0. The molecular formula is C16H31N3O2. The first-order valence-corrected chi connectivity index (χ1v) is 8.57. The summed E-state index contributed by atoms with van der Waals surface area (Å²) in [5, 5.41) is 15.5. The van der Waals surface area contributed by atoms with Crippen molar-refractivity contribution in [3.8, 4) is 0 Å². The predicted octanol–water partition coefficient (Wildman–Crippen LogP) is 0.728. The van der Waals surface area contributed by atoms with Crippen molar-refractivity contribution in [1.82, 2.24) is 15.5 Å². The standard InChI is InChI=1S/C16H31N3O2/c1-13(12-20)4-2-8-18-16(21)15-5-3-11-19(15)14-6-9-17-10-7-14/h13-15,17,20H,2-12H2,1H3,(H,18,21). The molecular weight excluding hydrogens is 266 g/mol. The minimum Gasteiger partial charge on any atom is -0.396 e. The third-order valence-corrected chi connectivity index (χ3v) is 4.86. The highest BCUT2D eigenvalue weighted by Gasteiger charge is 2.35. The normalized spacial score (nSPS) is 25.9. The van der Waals surface area contributed by atoms with Gasteiger partial charge in [0, 0.05) is 19.2 Å². The topological polar surface area (TPSA) is 64.6 Å². The Bertz CT molecular complexity index is 319. The van der Waals surface area contributed by atoms with Crippen LogP contribution in [0.4, 0.5) is 0 Å². The van der Waals surface area contributed by atoms with Crippen LogP contribution >= 0.6 is 0 Å². The maximum Gasteiger partial charge on any atom is 0.237 e. The summed E-state index contributed by atoms with van der Waals surface area (Å²) >= 11 is 0. The lowest BCUT2D eigenvalue weighted by Gasteiger charge is -2.35. The van der Waals surface area contributed by atoms with Crippen LogP contribution in [-0.4, -0.2) is 60.8 Å². The van der Waals surface area contributed by atoms with Gasteiger partial charge in [0.15, 0.2) is 0 Å². The number of carbonyl (C=O) groups is 1. The van der Waals surface area contributed by atoms with Crippen LogP contribution in [-0.2, 0) is 4.79 Å². The highest BCUT2D eigenvalue weighted by atomic mass is 16.3. The van der Waals surface area contributed by atoms with Crippen LogP contribution in [0.1, 0.15) is 45.4 Å². The van der Waals surface area contributed by atoms with Crippen molar-refractivity contribution in [2.75, 3.05) is 32.8 Å². The summed E-state index contributed by atoms with van der Waals surface area (Å²) in [7, 11) is 0. The van der Waals surface area contributed by atoms with Crippen LogP contribution in [0.25, 0.3) is 0 Å². The molecule has 2 heterocycles. The van der Waals surface area contributed by atoms with Gasteiger partial charge in [-0.05, 0) is 64.1 Å². The zero-order chi connectivity index (χ0) is 15.1. The Morgan fingerprint density at radius 2 is 2.14 bits per heavy atom. The molecule has 0 aromatic heterocycles. The molecule has 0 aromatic rings. The van der Waals surface area contributed by atoms with Gasteiger partial charge in [0.2, 0.25) is 5.91 Å². The smallest absolute Gasteiger partial charge is 0.237 e. The van der Waals surface area contributed by atoms with Gasteiger partial charge in [-0.3, -0.25) is 9.69 Å². The molecule has 122 valence electrons. The van der Waals surface area contributed by atoms with E-state index >= 15 is 0 Å². The molecule has 3 N–H and O–H groups in total. The lowest BCUT2D eigenvalue weighted by Crippen LogP contribution is -2.50. The lowest BCUT2D eigenvalue weighted by molar-refractivity contribution is -0.126. The van der Waals surface area contributed by atoms with Crippen molar-refractivity contribution in [3.63, 3.8) is 0 Å². The fourth-order valence-electron chi connectivity index (χ4n) is 3.52. The number of carbonyl (C=O) groups excluding carboxylic acids is 1. The molecule has 2 rings (SSSR count). The SMILES string of the molecule is CC(CO)CCCNC(=O)C1CCCN1C1CCNCC1. The second kappa shape index (κ2) is 8.71. The number of rotatable bonds is 7. The van der Waals surface area contributed by atoms with E-state index in [0.29, 0.717) is 12.0 Å². The first-order chi connectivity index (χ1) is 10.2. The van der Waals surface area contributed by atoms with E-state index in [1.807, 2.05) is 6.92 Å². The van der Waals surface area contributed by atoms with Gasteiger partial charge in [0.05, 0.1) is 6.04 Å². The molecule has 2 aliphatic rings. The zero-order valence-electron chi connectivity index (χ0n) is 13.3. The van der Waals surface area contributed by atoms with E-state index in [9.17, 15) is 4.79 Å². The highest BCUT2D eigenvalue weighted by Crippen LogP contribution is 2.24. The number of aliphatic hydroxyl groups excluding tert-OH is 1. The summed E-state index contributed by atoms with van der Waals surface area (Å²) in [5.41, 5.74) is 0. The second-order valence-corrected chi connectivity index (χ2v) is 6.60. The number of amides is 1. The number of piperidine rings is 1. The molecule has 0 bridgehead atoms. The largest absolute Gasteiger partial charge is 0.396 e. The summed E-state index contributed by atoms with van der Waals surface area (Å²) < 4.78 is 0. The summed E-state index contributed by atoms with van der Waals surface area (Å²) in [4.78, 5) is 14.8. The Labute approximate surface area is 128 Å². The molecule has 2 saturated heterocycles. The number of hydrogen-bond acceptors (Lipinski definition) is 4. The fourth-order valence-corrected chi connectivity index (χ4v) is 3.52. The van der Waals surface area contributed by atoms with Crippen molar-refractivity contribution < 1.29 is 9.90 Å². The summed E-state index contributed by atoms with van der Waals surface area (Å²) in [6, 6.07) is 0.669. The van der Waals surface area contributed by atoms with E-state index in [2.05, 4.69) is 15.5 Å². The first kappa shape index (κ1) is 16.7. The van der Waals surface area contributed by atoms with Crippen molar-refractivity contribution in [3.05, 3.63) is 0 Å². The quantitative estimate of drug-likeness (QED) is 0.606. The van der Waals surface area contributed by atoms with Crippen molar-refractivity contribution in [2.45, 2.75) is 57.5 Å².